The van der Waals surface area contributed by atoms with Crippen molar-refractivity contribution in [2.24, 2.45) is 5.92 Å². The average molecular weight is 286 g/mol. The Balaban J connectivity index is 2.55. The number of aryl methyl sites for hydroxylation is 2. The monoisotopic (exact) mass is 286 g/mol. The first-order valence-electron chi connectivity index (χ1n) is 6.54. The van der Waals surface area contributed by atoms with E-state index in [0.717, 1.165) is 16.7 Å². The van der Waals surface area contributed by atoms with Crippen LogP contribution in [-0.4, -0.2) is 24.1 Å². The molecular weight excluding hydrogens is 268 g/mol. The van der Waals surface area contributed by atoms with Gasteiger partial charge in [-0.25, -0.2) is 0 Å². The molecule has 0 saturated heterocycles. The Morgan fingerprint density at radius 2 is 2.00 bits per heavy atom. The van der Waals surface area contributed by atoms with E-state index in [2.05, 4.69) is 0 Å². The summed E-state index contributed by atoms with van der Waals surface area (Å²) in [6.45, 7) is 4.84. The molecule has 1 aromatic carbocycles. The lowest BCUT2D eigenvalue weighted by atomic mass is 10.0. The van der Waals surface area contributed by atoms with Crippen LogP contribution in [0.25, 0.3) is 0 Å². The fourth-order valence-corrected chi connectivity index (χ4v) is 1.78. The maximum Gasteiger partial charge on any atom is 0.310 e. The summed E-state index contributed by atoms with van der Waals surface area (Å²) in [4.78, 5) is 23.3. The molecule has 0 saturated carbocycles. The molecule has 1 aromatic rings. The third kappa shape index (κ3) is 4.84. The van der Waals surface area contributed by atoms with E-state index in [1.807, 2.05) is 32.0 Å². The zero-order valence-electron chi connectivity index (χ0n) is 12.4. The minimum Gasteiger partial charge on any atom is -0.457 e. The molecule has 0 aliphatic rings. The quantitative estimate of drug-likeness (QED) is 0.640. The molecule has 0 aliphatic carbocycles. The predicted molar refractivity (Wildman–Crippen MR) is 78.1 cm³/mol. The molecule has 0 aromatic heterocycles. The Hall–Kier alpha value is -2.48. The highest BCUT2D eigenvalue weighted by Gasteiger charge is 2.21. The summed E-state index contributed by atoms with van der Waals surface area (Å²) in [5.41, 5.74) is 2.99. The molecule has 21 heavy (non-hydrogen) atoms. The molecule has 1 atom stereocenters. The molecule has 0 aliphatic heterocycles. The van der Waals surface area contributed by atoms with Crippen LogP contribution in [0.2, 0.25) is 0 Å². The van der Waals surface area contributed by atoms with Crippen molar-refractivity contribution < 1.29 is 14.3 Å². The van der Waals surface area contributed by atoms with Crippen molar-refractivity contribution >= 4 is 17.5 Å². The van der Waals surface area contributed by atoms with E-state index in [1.165, 1.54) is 6.92 Å². The first kappa shape index (κ1) is 16.6. The molecule has 5 heteroatoms. The molecule has 0 bridgehead atoms. The fraction of sp³-hybridized carbons (Fsp3) is 0.375. The highest BCUT2D eigenvalue weighted by Crippen LogP contribution is 2.11. The van der Waals surface area contributed by atoms with Gasteiger partial charge in [0, 0.05) is 5.71 Å². The number of rotatable bonds is 6. The van der Waals surface area contributed by atoms with Gasteiger partial charge < -0.3 is 10.1 Å². The van der Waals surface area contributed by atoms with Crippen molar-refractivity contribution in [2.45, 2.75) is 27.2 Å². The number of carbonyl (C=O) groups excluding carboxylic acids is 2. The van der Waals surface area contributed by atoms with Gasteiger partial charge in [-0.1, -0.05) is 18.2 Å². The Morgan fingerprint density at radius 1 is 1.33 bits per heavy atom. The number of esters is 1. The van der Waals surface area contributed by atoms with E-state index >= 15 is 0 Å². The lowest BCUT2D eigenvalue weighted by molar-refractivity contribution is -0.147. The number of Topliss-reactive ketones (excluding diaryl/α,β-unsaturated/α-hetero) is 1. The zero-order valence-corrected chi connectivity index (χ0v) is 12.4. The number of ether oxygens (including phenoxy) is 1. The fourth-order valence-electron chi connectivity index (χ4n) is 1.78. The smallest absolute Gasteiger partial charge is 0.310 e. The van der Waals surface area contributed by atoms with E-state index in [1.54, 1.807) is 6.07 Å². The number of nitrogens with one attached hydrogen (secondary N) is 1. The Kier molecular flexibility index (Phi) is 5.79. The van der Waals surface area contributed by atoms with E-state index in [9.17, 15) is 9.59 Å². The van der Waals surface area contributed by atoms with Crippen LogP contribution in [0, 0.1) is 36.5 Å². The summed E-state index contributed by atoms with van der Waals surface area (Å²) in [5, 5.41) is 16.1. The van der Waals surface area contributed by atoms with Gasteiger partial charge in [-0.3, -0.25) is 9.59 Å². The van der Waals surface area contributed by atoms with Crippen LogP contribution < -0.4 is 0 Å². The van der Waals surface area contributed by atoms with Crippen molar-refractivity contribution in [3.8, 4) is 6.07 Å². The maximum absolute atomic E-state index is 11.7. The molecule has 0 spiro atoms. The molecule has 0 fully saturated rings. The van der Waals surface area contributed by atoms with Crippen LogP contribution in [0.4, 0.5) is 0 Å². The van der Waals surface area contributed by atoms with Gasteiger partial charge in [0.15, 0.2) is 12.4 Å². The van der Waals surface area contributed by atoms with Crippen LogP contribution in [0.15, 0.2) is 18.2 Å². The summed E-state index contributed by atoms with van der Waals surface area (Å²) in [7, 11) is 0. The van der Waals surface area contributed by atoms with Crippen molar-refractivity contribution in [1.82, 2.24) is 0 Å². The van der Waals surface area contributed by atoms with Crippen molar-refractivity contribution in [1.29, 1.82) is 10.7 Å². The van der Waals surface area contributed by atoms with Gasteiger partial charge in [0.05, 0.1) is 12.5 Å². The number of hydrogen-bond donors (Lipinski definition) is 1. The second-order valence-corrected chi connectivity index (χ2v) is 4.97. The third-order valence-corrected chi connectivity index (χ3v) is 3.18. The highest BCUT2D eigenvalue weighted by molar-refractivity contribution is 6.06. The van der Waals surface area contributed by atoms with Gasteiger partial charge in [-0.05, 0) is 37.5 Å². The van der Waals surface area contributed by atoms with E-state index in [-0.39, 0.29) is 12.1 Å². The highest BCUT2D eigenvalue weighted by atomic mass is 16.5. The summed E-state index contributed by atoms with van der Waals surface area (Å²) in [6.07, 6.45) is 0.0786. The topological polar surface area (TPSA) is 91.0 Å². The second-order valence-electron chi connectivity index (χ2n) is 4.97. The van der Waals surface area contributed by atoms with Crippen molar-refractivity contribution in [3.05, 3.63) is 34.9 Å². The zero-order chi connectivity index (χ0) is 16.0. The number of nitrogens with zero attached hydrogens (tertiary/aromatic N) is 1. The average Bonchev–Trinajstić information content (AvgIpc) is 2.41. The van der Waals surface area contributed by atoms with E-state index < -0.39 is 24.3 Å². The number of ketones is 1. The molecule has 0 radical (unpaired) electrons. The number of nitriles is 1. The van der Waals surface area contributed by atoms with Crippen LogP contribution in [-0.2, 0) is 20.7 Å². The summed E-state index contributed by atoms with van der Waals surface area (Å²) < 4.78 is 4.87. The molecule has 110 valence electrons. The molecule has 5 nitrogen and oxygen atoms in total. The van der Waals surface area contributed by atoms with E-state index in [0.29, 0.717) is 0 Å². The van der Waals surface area contributed by atoms with Crippen molar-refractivity contribution in [3.63, 3.8) is 0 Å². The van der Waals surface area contributed by atoms with Crippen LogP contribution in [0.5, 0.6) is 0 Å². The first-order valence-corrected chi connectivity index (χ1v) is 6.54. The summed E-state index contributed by atoms with van der Waals surface area (Å²) >= 11 is 0. The normalized spacial score (nSPS) is 11.3. The first-order chi connectivity index (χ1) is 9.85. The standard InChI is InChI=1S/C16H18N2O3/c1-10-4-5-13(6-11(10)2)7-16(20)21-9-15(19)14(8-17)12(3)18/h4-6,14,18H,7,9H2,1-3H3/t14-/m0/s1. The van der Waals surface area contributed by atoms with Gasteiger partial charge >= 0.3 is 5.97 Å². The Bertz CT molecular complexity index is 614. The predicted octanol–water partition coefficient (Wildman–Crippen LogP) is 2.14. The minimum absolute atomic E-state index is 0.0484. The van der Waals surface area contributed by atoms with Crippen molar-refractivity contribution in [2.75, 3.05) is 6.61 Å². The maximum atomic E-state index is 11.7. The lowest BCUT2D eigenvalue weighted by Gasteiger charge is -2.08. The third-order valence-electron chi connectivity index (χ3n) is 3.18. The van der Waals surface area contributed by atoms with Gasteiger partial charge in [0.25, 0.3) is 0 Å². The van der Waals surface area contributed by atoms with Crippen LogP contribution in [0.1, 0.15) is 23.6 Å². The molecule has 0 heterocycles. The molecule has 1 N–H and O–H groups in total. The molecule has 1 rings (SSSR count). The van der Waals surface area contributed by atoms with Gasteiger partial charge in [-0.2, -0.15) is 5.26 Å². The van der Waals surface area contributed by atoms with Gasteiger partial charge in [0.2, 0.25) is 0 Å². The summed E-state index contributed by atoms with van der Waals surface area (Å²) in [6, 6.07) is 7.39. The molecule has 0 unspecified atom stereocenters. The molecule has 0 amide bonds. The summed E-state index contributed by atoms with van der Waals surface area (Å²) in [5.74, 6) is -2.23. The lowest BCUT2D eigenvalue weighted by Crippen LogP contribution is -2.26. The molecular formula is C16H18N2O3. The van der Waals surface area contributed by atoms with Gasteiger partial charge in [0.1, 0.15) is 5.92 Å². The van der Waals surface area contributed by atoms with E-state index in [4.69, 9.17) is 15.4 Å². The second kappa shape index (κ2) is 7.34. The van der Waals surface area contributed by atoms with Gasteiger partial charge in [-0.15, -0.1) is 0 Å². The minimum atomic E-state index is -1.14. The van der Waals surface area contributed by atoms with Crippen LogP contribution in [0.3, 0.4) is 0 Å². The SMILES string of the molecule is CC(=N)[C@H](C#N)C(=O)COC(=O)Cc1ccc(C)c(C)c1. The number of hydrogen-bond acceptors (Lipinski definition) is 5. The largest absolute Gasteiger partial charge is 0.457 e. The Morgan fingerprint density at radius 3 is 2.52 bits per heavy atom. The van der Waals surface area contributed by atoms with Crippen LogP contribution >= 0.6 is 0 Å². The Labute approximate surface area is 124 Å². The number of benzene rings is 1. The number of carbonyl (C=O) groups is 2.